The van der Waals surface area contributed by atoms with E-state index in [1.54, 1.807) is 0 Å². The maximum absolute atomic E-state index is 11.9. The highest BCUT2D eigenvalue weighted by Crippen LogP contribution is 2.36. The van der Waals surface area contributed by atoms with Gasteiger partial charge in [-0.1, -0.05) is 18.2 Å². The second kappa shape index (κ2) is 4.04. The van der Waals surface area contributed by atoms with Crippen molar-refractivity contribution < 1.29 is 9.53 Å². The van der Waals surface area contributed by atoms with E-state index < -0.39 is 0 Å². The SMILES string of the molecule is O=C1OCC2(CCNCC2)N1c1ccccc1. The summed E-state index contributed by atoms with van der Waals surface area (Å²) in [5.74, 6) is 0. The van der Waals surface area contributed by atoms with Crippen LogP contribution >= 0.6 is 0 Å². The fourth-order valence-corrected chi connectivity index (χ4v) is 2.74. The molecule has 2 fully saturated rings. The molecule has 1 aromatic rings. The number of nitrogens with zero attached hydrogens (tertiary/aromatic N) is 1. The molecule has 0 saturated carbocycles. The molecule has 2 aliphatic heterocycles. The van der Waals surface area contributed by atoms with Gasteiger partial charge in [0.2, 0.25) is 0 Å². The van der Waals surface area contributed by atoms with E-state index >= 15 is 0 Å². The third kappa shape index (κ3) is 1.69. The lowest BCUT2D eigenvalue weighted by atomic mass is 9.88. The van der Waals surface area contributed by atoms with Crippen molar-refractivity contribution in [2.24, 2.45) is 0 Å². The van der Waals surface area contributed by atoms with E-state index in [0.717, 1.165) is 31.6 Å². The van der Waals surface area contributed by atoms with Gasteiger partial charge in [0.15, 0.2) is 0 Å². The van der Waals surface area contributed by atoms with Crippen LogP contribution in [0.4, 0.5) is 10.5 Å². The van der Waals surface area contributed by atoms with Crippen LogP contribution < -0.4 is 10.2 Å². The molecule has 1 aromatic carbocycles. The van der Waals surface area contributed by atoms with E-state index in [1.807, 2.05) is 35.2 Å². The van der Waals surface area contributed by atoms with E-state index in [0.29, 0.717) is 6.61 Å². The van der Waals surface area contributed by atoms with Gasteiger partial charge in [-0.2, -0.15) is 0 Å². The van der Waals surface area contributed by atoms with E-state index in [2.05, 4.69) is 5.32 Å². The summed E-state index contributed by atoms with van der Waals surface area (Å²) in [4.78, 5) is 13.8. The largest absolute Gasteiger partial charge is 0.447 e. The molecule has 2 saturated heterocycles. The van der Waals surface area contributed by atoms with Crippen LogP contribution in [0.3, 0.4) is 0 Å². The minimum Gasteiger partial charge on any atom is -0.447 e. The first-order valence-corrected chi connectivity index (χ1v) is 6.05. The fraction of sp³-hybridized carbons (Fsp3) is 0.462. The van der Waals surface area contributed by atoms with Crippen LogP contribution in [0, 0.1) is 0 Å². The van der Waals surface area contributed by atoms with Crippen LogP contribution in [0.1, 0.15) is 12.8 Å². The number of anilines is 1. The highest BCUT2D eigenvalue weighted by Gasteiger charge is 2.48. The van der Waals surface area contributed by atoms with Crippen LogP contribution in [0.25, 0.3) is 0 Å². The van der Waals surface area contributed by atoms with Gasteiger partial charge in [0, 0.05) is 5.69 Å². The Hall–Kier alpha value is -1.55. The van der Waals surface area contributed by atoms with Crippen molar-refractivity contribution >= 4 is 11.8 Å². The van der Waals surface area contributed by atoms with Gasteiger partial charge < -0.3 is 10.1 Å². The van der Waals surface area contributed by atoms with Crippen molar-refractivity contribution in [3.05, 3.63) is 30.3 Å². The molecule has 0 radical (unpaired) electrons. The third-order valence-corrected chi connectivity index (χ3v) is 3.67. The van der Waals surface area contributed by atoms with Crippen molar-refractivity contribution in [2.45, 2.75) is 18.4 Å². The van der Waals surface area contributed by atoms with Gasteiger partial charge >= 0.3 is 6.09 Å². The first-order valence-electron chi connectivity index (χ1n) is 6.05. The smallest absolute Gasteiger partial charge is 0.415 e. The van der Waals surface area contributed by atoms with Gasteiger partial charge in [0.1, 0.15) is 6.61 Å². The molecule has 3 rings (SSSR count). The molecule has 1 amide bonds. The van der Waals surface area contributed by atoms with Crippen molar-refractivity contribution in [3.8, 4) is 0 Å². The standard InChI is InChI=1S/C13H16N2O2/c16-12-15(11-4-2-1-3-5-11)13(10-17-12)6-8-14-9-7-13/h1-5,14H,6-10H2. The monoisotopic (exact) mass is 232 g/mol. The lowest BCUT2D eigenvalue weighted by Gasteiger charge is -2.38. The van der Waals surface area contributed by atoms with Gasteiger partial charge in [0.05, 0.1) is 5.54 Å². The Labute approximate surface area is 101 Å². The number of ether oxygens (including phenoxy) is 1. The Bertz CT molecular complexity index is 413. The van der Waals surface area contributed by atoms with Crippen molar-refractivity contribution in [2.75, 3.05) is 24.6 Å². The second-order valence-electron chi connectivity index (χ2n) is 4.70. The maximum atomic E-state index is 11.9. The molecule has 0 atom stereocenters. The van der Waals surface area contributed by atoms with E-state index in [-0.39, 0.29) is 11.6 Å². The Morgan fingerprint density at radius 1 is 1.18 bits per heavy atom. The Morgan fingerprint density at radius 3 is 2.59 bits per heavy atom. The summed E-state index contributed by atoms with van der Waals surface area (Å²) in [6.45, 7) is 2.41. The van der Waals surface area contributed by atoms with Gasteiger partial charge in [0.25, 0.3) is 0 Å². The fourth-order valence-electron chi connectivity index (χ4n) is 2.74. The molecule has 0 bridgehead atoms. The molecule has 0 unspecified atom stereocenters. The lowest BCUT2D eigenvalue weighted by molar-refractivity contribution is 0.167. The van der Waals surface area contributed by atoms with Gasteiger partial charge in [-0.05, 0) is 38.1 Å². The molecule has 0 aliphatic carbocycles. The molecular formula is C13H16N2O2. The number of hydrogen-bond acceptors (Lipinski definition) is 3. The molecule has 4 heteroatoms. The Balaban J connectivity index is 1.97. The van der Waals surface area contributed by atoms with Gasteiger partial charge in [-0.25, -0.2) is 4.79 Å². The maximum Gasteiger partial charge on any atom is 0.415 e. The first kappa shape index (κ1) is 10.6. The highest BCUT2D eigenvalue weighted by molar-refractivity contribution is 5.91. The molecule has 2 heterocycles. The van der Waals surface area contributed by atoms with Crippen LogP contribution in [0.2, 0.25) is 0 Å². The number of amides is 1. The zero-order chi connectivity index (χ0) is 11.7. The summed E-state index contributed by atoms with van der Waals surface area (Å²) in [7, 11) is 0. The average Bonchev–Trinajstić information content (AvgIpc) is 2.68. The van der Waals surface area contributed by atoms with E-state index in [9.17, 15) is 4.79 Å². The van der Waals surface area contributed by atoms with E-state index in [4.69, 9.17) is 4.74 Å². The summed E-state index contributed by atoms with van der Waals surface area (Å²) in [6.07, 6.45) is 1.69. The lowest BCUT2D eigenvalue weighted by Crippen LogP contribution is -2.53. The normalized spacial score (nSPS) is 22.8. The molecule has 90 valence electrons. The number of benzene rings is 1. The zero-order valence-electron chi connectivity index (χ0n) is 9.69. The number of para-hydroxylation sites is 1. The predicted molar refractivity (Wildman–Crippen MR) is 65.1 cm³/mol. The summed E-state index contributed by atoms with van der Waals surface area (Å²) in [6, 6.07) is 9.80. The zero-order valence-corrected chi connectivity index (χ0v) is 9.69. The Kier molecular flexibility index (Phi) is 2.52. The van der Waals surface area contributed by atoms with Crippen LogP contribution in [-0.2, 0) is 4.74 Å². The molecule has 0 aromatic heterocycles. The number of cyclic esters (lactones) is 1. The molecule has 17 heavy (non-hydrogen) atoms. The molecule has 2 aliphatic rings. The topological polar surface area (TPSA) is 41.6 Å². The predicted octanol–water partition coefficient (Wildman–Crippen LogP) is 1.77. The summed E-state index contributed by atoms with van der Waals surface area (Å²) >= 11 is 0. The molecule has 4 nitrogen and oxygen atoms in total. The van der Waals surface area contributed by atoms with Crippen molar-refractivity contribution in [3.63, 3.8) is 0 Å². The minimum absolute atomic E-state index is 0.135. The number of hydrogen-bond donors (Lipinski definition) is 1. The quantitative estimate of drug-likeness (QED) is 0.802. The van der Waals surface area contributed by atoms with Crippen molar-refractivity contribution in [1.29, 1.82) is 0 Å². The average molecular weight is 232 g/mol. The van der Waals surface area contributed by atoms with E-state index in [1.165, 1.54) is 0 Å². The minimum atomic E-state index is -0.210. The molecule has 1 spiro atoms. The van der Waals surface area contributed by atoms with Gasteiger partial charge in [-0.15, -0.1) is 0 Å². The van der Waals surface area contributed by atoms with Crippen molar-refractivity contribution in [1.82, 2.24) is 5.32 Å². The Morgan fingerprint density at radius 2 is 1.88 bits per heavy atom. The van der Waals surface area contributed by atoms with Crippen LogP contribution in [-0.4, -0.2) is 31.3 Å². The third-order valence-electron chi connectivity index (χ3n) is 3.67. The number of nitrogens with one attached hydrogen (secondary N) is 1. The number of carbonyl (C=O) groups is 1. The first-order chi connectivity index (χ1) is 8.32. The van der Waals surface area contributed by atoms with Crippen LogP contribution in [0.15, 0.2) is 30.3 Å². The molecular weight excluding hydrogens is 216 g/mol. The number of rotatable bonds is 1. The van der Waals surface area contributed by atoms with Gasteiger partial charge in [-0.3, -0.25) is 4.90 Å². The summed E-state index contributed by atoms with van der Waals surface area (Å²) in [5.41, 5.74) is 0.806. The van der Waals surface area contributed by atoms with Crippen LogP contribution in [0.5, 0.6) is 0 Å². The summed E-state index contributed by atoms with van der Waals surface area (Å²) < 4.78 is 5.27. The second-order valence-corrected chi connectivity index (χ2v) is 4.70. The highest BCUT2D eigenvalue weighted by atomic mass is 16.6. The molecule has 1 N–H and O–H groups in total. The number of carbonyl (C=O) groups excluding carboxylic acids is 1. The summed E-state index contributed by atoms with van der Waals surface area (Å²) in [5, 5.41) is 3.33. The number of piperidine rings is 1.